The van der Waals surface area contributed by atoms with Crippen LogP contribution in [0.4, 0.5) is 0 Å². The van der Waals surface area contributed by atoms with Crippen LogP contribution in [0.25, 0.3) is 5.65 Å². The Hall–Kier alpha value is -2.56. The molecule has 2 aromatic heterocycles. The summed E-state index contributed by atoms with van der Waals surface area (Å²) < 4.78 is 7.02. The fraction of sp³-hybridized carbons (Fsp3) is 0.200. The number of nitrogens with zero attached hydrogens (tertiary/aromatic N) is 2. The van der Waals surface area contributed by atoms with Crippen molar-refractivity contribution >= 4 is 5.65 Å². The third-order valence-corrected chi connectivity index (χ3v) is 3.03. The molecule has 0 spiro atoms. The predicted molar refractivity (Wildman–Crippen MR) is 76.4 cm³/mol. The molecular formula is C15H15N3O2. The SMILES string of the molecule is CC(C)c1cc2nc(Oc3ccccc3)cc(=O)n2[nH]1. The summed E-state index contributed by atoms with van der Waals surface area (Å²) in [5.74, 6) is 1.26. The number of para-hydroxylation sites is 1. The number of hydrogen-bond donors (Lipinski definition) is 1. The number of H-pyrrole nitrogens is 1. The van der Waals surface area contributed by atoms with Crippen LogP contribution in [0.1, 0.15) is 25.5 Å². The minimum absolute atomic E-state index is 0.187. The van der Waals surface area contributed by atoms with E-state index in [9.17, 15) is 4.79 Å². The Morgan fingerprint density at radius 3 is 2.65 bits per heavy atom. The average Bonchev–Trinajstić information content (AvgIpc) is 2.84. The van der Waals surface area contributed by atoms with Crippen molar-refractivity contribution in [3.8, 4) is 11.6 Å². The lowest BCUT2D eigenvalue weighted by molar-refractivity contribution is 0.462. The number of aromatic amines is 1. The van der Waals surface area contributed by atoms with Gasteiger partial charge in [-0.15, -0.1) is 0 Å². The predicted octanol–water partition coefficient (Wildman–Crippen LogP) is 2.94. The van der Waals surface area contributed by atoms with Gasteiger partial charge in [0.25, 0.3) is 5.56 Å². The molecule has 0 saturated carbocycles. The molecule has 3 aromatic rings. The molecule has 1 N–H and O–H groups in total. The van der Waals surface area contributed by atoms with Crippen LogP contribution in [0.5, 0.6) is 11.6 Å². The summed E-state index contributed by atoms with van der Waals surface area (Å²) in [6.07, 6.45) is 0. The Kier molecular flexibility index (Phi) is 3.02. The zero-order valence-electron chi connectivity index (χ0n) is 11.3. The summed E-state index contributed by atoms with van der Waals surface area (Å²) in [4.78, 5) is 16.4. The van der Waals surface area contributed by atoms with Crippen LogP contribution >= 0.6 is 0 Å². The largest absolute Gasteiger partial charge is 0.439 e. The van der Waals surface area contributed by atoms with Crippen molar-refractivity contribution in [2.75, 3.05) is 0 Å². The molecule has 0 aliphatic heterocycles. The smallest absolute Gasteiger partial charge is 0.276 e. The lowest BCUT2D eigenvalue weighted by Crippen LogP contribution is -2.14. The van der Waals surface area contributed by atoms with Gasteiger partial charge in [-0.25, -0.2) is 4.52 Å². The fourth-order valence-electron chi connectivity index (χ4n) is 1.95. The standard InChI is InChI=1S/C15H15N3O2/c1-10(2)12-8-13-16-14(9-15(19)18(13)17-12)20-11-6-4-3-5-7-11/h3-10,17H,1-2H3. The highest BCUT2D eigenvalue weighted by atomic mass is 16.5. The minimum Gasteiger partial charge on any atom is -0.439 e. The molecule has 0 atom stereocenters. The second-order valence-corrected chi connectivity index (χ2v) is 4.91. The molecular weight excluding hydrogens is 254 g/mol. The molecule has 0 bridgehead atoms. The Morgan fingerprint density at radius 1 is 1.20 bits per heavy atom. The maximum atomic E-state index is 12.0. The highest BCUT2D eigenvalue weighted by Crippen LogP contribution is 2.19. The first-order valence-electron chi connectivity index (χ1n) is 6.49. The van der Waals surface area contributed by atoms with E-state index < -0.39 is 0 Å². The first kappa shape index (κ1) is 12.5. The van der Waals surface area contributed by atoms with Crippen LogP contribution in [-0.4, -0.2) is 14.6 Å². The van der Waals surface area contributed by atoms with E-state index in [0.29, 0.717) is 23.2 Å². The molecule has 0 amide bonds. The number of fused-ring (bicyclic) bond motifs is 1. The van der Waals surface area contributed by atoms with Gasteiger partial charge in [0.05, 0.1) is 6.07 Å². The van der Waals surface area contributed by atoms with E-state index in [1.54, 1.807) is 0 Å². The van der Waals surface area contributed by atoms with Crippen LogP contribution in [-0.2, 0) is 0 Å². The topological polar surface area (TPSA) is 59.4 Å². The van der Waals surface area contributed by atoms with E-state index in [0.717, 1.165) is 5.69 Å². The van der Waals surface area contributed by atoms with Crippen molar-refractivity contribution < 1.29 is 4.74 Å². The molecule has 5 heteroatoms. The summed E-state index contributed by atoms with van der Waals surface area (Å²) in [6, 6.07) is 12.5. The number of benzene rings is 1. The lowest BCUT2D eigenvalue weighted by atomic mass is 10.1. The average molecular weight is 269 g/mol. The zero-order valence-corrected chi connectivity index (χ0v) is 11.3. The van der Waals surface area contributed by atoms with E-state index >= 15 is 0 Å². The highest BCUT2D eigenvalue weighted by Gasteiger charge is 2.09. The van der Waals surface area contributed by atoms with E-state index in [1.165, 1.54) is 10.6 Å². The van der Waals surface area contributed by atoms with Crippen LogP contribution in [0.2, 0.25) is 0 Å². The Balaban J connectivity index is 2.03. The zero-order chi connectivity index (χ0) is 14.1. The highest BCUT2D eigenvalue weighted by molar-refractivity contribution is 5.42. The Bertz CT molecular complexity index is 788. The van der Waals surface area contributed by atoms with E-state index in [-0.39, 0.29) is 5.56 Å². The van der Waals surface area contributed by atoms with Gasteiger partial charge in [0.2, 0.25) is 5.88 Å². The molecule has 0 unspecified atom stereocenters. The summed E-state index contributed by atoms with van der Waals surface area (Å²) in [5.41, 5.74) is 1.34. The third-order valence-electron chi connectivity index (χ3n) is 3.03. The molecule has 0 aliphatic carbocycles. The maximum absolute atomic E-state index is 12.0. The molecule has 1 aromatic carbocycles. The molecule has 5 nitrogen and oxygen atoms in total. The summed E-state index contributed by atoms with van der Waals surface area (Å²) >= 11 is 0. The second kappa shape index (κ2) is 4.85. The molecule has 0 radical (unpaired) electrons. The number of ether oxygens (including phenoxy) is 1. The van der Waals surface area contributed by atoms with Crippen molar-refractivity contribution in [2.45, 2.75) is 19.8 Å². The van der Waals surface area contributed by atoms with E-state index in [4.69, 9.17) is 4.74 Å². The van der Waals surface area contributed by atoms with Crippen molar-refractivity contribution in [1.29, 1.82) is 0 Å². The van der Waals surface area contributed by atoms with Crippen LogP contribution in [0.3, 0.4) is 0 Å². The number of hydrogen-bond acceptors (Lipinski definition) is 3. The number of rotatable bonds is 3. The minimum atomic E-state index is -0.187. The van der Waals surface area contributed by atoms with E-state index in [1.807, 2.05) is 36.4 Å². The molecule has 3 rings (SSSR count). The summed E-state index contributed by atoms with van der Waals surface area (Å²) in [6.45, 7) is 4.11. The quantitative estimate of drug-likeness (QED) is 0.795. The first-order valence-corrected chi connectivity index (χ1v) is 6.49. The lowest BCUT2D eigenvalue weighted by Gasteiger charge is -2.03. The molecule has 0 aliphatic rings. The third kappa shape index (κ3) is 2.30. The van der Waals surface area contributed by atoms with Gasteiger partial charge in [-0.05, 0) is 18.1 Å². The monoisotopic (exact) mass is 269 g/mol. The molecule has 0 saturated heterocycles. The molecule has 102 valence electrons. The van der Waals surface area contributed by atoms with Gasteiger partial charge < -0.3 is 4.74 Å². The van der Waals surface area contributed by atoms with Gasteiger partial charge in [-0.3, -0.25) is 9.89 Å². The van der Waals surface area contributed by atoms with Gasteiger partial charge in [-0.2, -0.15) is 4.98 Å². The maximum Gasteiger partial charge on any atom is 0.276 e. The second-order valence-electron chi connectivity index (χ2n) is 4.91. The van der Waals surface area contributed by atoms with Gasteiger partial charge in [0.15, 0.2) is 5.65 Å². The number of nitrogens with one attached hydrogen (secondary N) is 1. The fourth-order valence-corrected chi connectivity index (χ4v) is 1.95. The van der Waals surface area contributed by atoms with Crippen molar-refractivity contribution in [1.82, 2.24) is 14.6 Å². The van der Waals surface area contributed by atoms with Gasteiger partial charge >= 0.3 is 0 Å². The number of aromatic nitrogens is 3. The van der Waals surface area contributed by atoms with Crippen LogP contribution < -0.4 is 10.3 Å². The Morgan fingerprint density at radius 2 is 1.95 bits per heavy atom. The van der Waals surface area contributed by atoms with Crippen molar-refractivity contribution in [2.24, 2.45) is 0 Å². The molecule has 2 heterocycles. The summed E-state index contributed by atoms with van der Waals surface area (Å²) in [5, 5.41) is 3.04. The first-order chi connectivity index (χ1) is 9.63. The van der Waals surface area contributed by atoms with Gasteiger partial charge in [0.1, 0.15) is 5.75 Å². The summed E-state index contributed by atoms with van der Waals surface area (Å²) in [7, 11) is 0. The van der Waals surface area contributed by atoms with Crippen molar-refractivity contribution in [3.05, 3.63) is 58.5 Å². The Labute approximate surface area is 115 Å². The van der Waals surface area contributed by atoms with Crippen LogP contribution in [0.15, 0.2) is 47.3 Å². The van der Waals surface area contributed by atoms with Gasteiger partial charge in [-0.1, -0.05) is 32.0 Å². The molecule has 0 fully saturated rings. The molecule has 20 heavy (non-hydrogen) atoms. The van der Waals surface area contributed by atoms with Crippen molar-refractivity contribution in [3.63, 3.8) is 0 Å². The normalized spacial score (nSPS) is 11.2. The van der Waals surface area contributed by atoms with Crippen LogP contribution in [0, 0.1) is 0 Å². The van der Waals surface area contributed by atoms with E-state index in [2.05, 4.69) is 23.9 Å². The van der Waals surface area contributed by atoms with Gasteiger partial charge in [0, 0.05) is 11.8 Å².